The fourth-order valence-corrected chi connectivity index (χ4v) is 4.26. The van der Waals surface area contributed by atoms with Crippen LogP contribution in [0.3, 0.4) is 0 Å². The predicted molar refractivity (Wildman–Crippen MR) is 92.6 cm³/mol. The average Bonchev–Trinajstić information content (AvgIpc) is 3.07. The zero-order valence-corrected chi connectivity index (χ0v) is 15.3. The van der Waals surface area contributed by atoms with Crippen molar-refractivity contribution in [2.24, 2.45) is 0 Å². The third-order valence-electron chi connectivity index (χ3n) is 5.07. The van der Waals surface area contributed by atoms with Crippen molar-refractivity contribution in [1.82, 2.24) is 4.90 Å². The van der Waals surface area contributed by atoms with Gasteiger partial charge in [-0.3, -0.25) is 4.90 Å². The number of nitrogens with zero attached hydrogens (tertiary/aromatic N) is 1. The van der Waals surface area contributed by atoms with Crippen molar-refractivity contribution < 1.29 is 17.9 Å². The molecule has 2 fully saturated rings. The lowest BCUT2D eigenvalue weighted by atomic mass is 9.95. The van der Waals surface area contributed by atoms with E-state index in [0.717, 1.165) is 44.3 Å². The summed E-state index contributed by atoms with van der Waals surface area (Å²) in [5.41, 5.74) is 1.15. The van der Waals surface area contributed by atoms with E-state index in [9.17, 15) is 8.42 Å². The second-order valence-electron chi connectivity index (χ2n) is 6.88. The molecule has 2 heterocycles. The van der Waals surface area contributed by atoms with Gasteiger partial charge in [-0.15, -0.1) is 0 Å². The molecule has 0 bridgehead atoms. The first-order chi connectivity index (χ1) is 11.4. The fraction of sp³-hybridized carbons (Fsp3) is 0.667. The summed E-state index contributed by atoms with van der Waals surface area (Å²) >= 11 is 0. The molecule has 1 aromatic carbocycles. The zero-order chi connectivity index (χ0) is 17.2. The summed E-state index contributed by atoms with van der Waals surface area (Å²) < 4.78 is 35.0. The molecule has 0 spiro atoms. The number of benzene rings is 1. The Hall–Kier alpha value is -0.950. The van der Waals surface area contributed by atoms with Crippen molar-refractivity contribution in [2.45, 2.75) is 55.4 Å². The van der Waals surface area contributed by atoms with Crippen LogP contribution in [0.2, 0.25) is 0 Å². The van der Waals surface area contributed by atoms with E-state index >= 15 is 0 Å². The van der Waals surface area contributed by atoms with E-state index in [0.29, 0.717) is 11.5 Å². The van der Waals surface area contributed by atoms with Crippen LogP contribution in [-0.4, -0.2) is 52.2 Å². The molecule has 0 aromatic heterocycles. The lowest BCUT2D eigenvalue weighted by molar-refractivity contribution is -0.114. The molecule has 2 aliphatic rings. The molecule has 2 saturated heterocycles. The molecular weight excluding hydrogens is 326 g/mol. The molecule has 0 N–H and O–H groups in total. The topological polar surface area (TPSA) is 55.8 Å². The Bertz CT molecular complexity index is 637. The standard InChI is InChI=1S/C18H27NO4S/c1-19-17(14-8-10-16(11-9-14)24(2,20)21)6-3-7-18(19)23-13-15-5-4-12-22-15/h8-11,15,17-18H,3-7,12-13H2,1-2H3. The van der Waals surface area contributed by atoms with E-state index in [2.05, 4.69) is 11.9 Å². The van der Waals surface area contributed by atoms with Gasteiger partial charge in [-0.1, -0.05) is 12.1 Å². The van der Waals surface area contributed by atoms with Crippen LogP contribution in [-0.2, 0) is 19.3 Å². The Morgan fingerprint density at radius 1 is 1.17 bits per heavy atom. The first-order valence-electron chi connectivity index (χ1n) is 8.70. The van der Waals surface area contributed by atoms with Gasteiger partial charge in [-0.2, -0.15) is 0 Å². The Balaban J connectivity index is 1.64. The molecule has 2 aliphatic heterocycles. The smallest absolute Gasteiger partial charge is 0.175 e. The number of hydrogen-bond acceptors (Lipinski definition) is 5. The van der Waals surface area contributed by atoms with Crippen molar-refractivity contribution >= 4 is 9.84 Å². The van der Waals surface area contributed by atoms with Crippen molar-refractivity contribution in [1.29, 1.82) is 0 Å². The number of hydrogen-bond donors (Lipinski definition) is 0. The lowest BCUT2D eigenvalue weighted by Crippen LogP contribution is -2.41. The quantitative estimate of drug-likeness (QED) is 0.815. The van der Waals surface area contributed by atoms with Crippen LogP contribution < -0.4 is 0 Å². The molecule has 3 atom stereocenters. The minimum absolute atomic E-state index is 0.0996. The third-order valence-corrected chi connectivity index (χ3v) is 6.19. The van der Waals surface area contributed by atoms with Crippen molar-refractivity contribution in [3.63, 3.8) is 0 Å². The van der Waals surface area contributed by atoms with Gasteiger partial charge < -0.3 is 9.47 Å². The fourth-order valence-electron chi connectivity index (χ4n) is 3.63. The molecule has 0 radical (unpaired) electrons. The Kier molecular flexibility index (Phi) is 5.59. The molecule has 1 aromatic rings. The van der Waals surface area contributed by atoms with Gasteiger partial charge in [0.15, 0.2) is 9.84 Å². The molecule has 0 saturated carbocycles. The van der Waals surface area contributed by atoms with Gasteiger partial charge in [0, 0.05) is 18.9 Å². The van der Waals surface area contributed by atoms with Gasteiger partial charge in [0.05, 0.1) is 17.6 Å². The number of rotatable bonds is 5. The summed E-state index contributed by atoms with van der Waals surface area (Å²) in [6.07, 6.45) is 7.00. The summed E-state index contributed by atoms with van der Waals surface area (Å²) in [6.45, 7) is 1.51. The van der Waals surface area contributed by atoms with E-state index in [-0.39, 0.29) is 18.4 Å². The molecule has 134 valence electrons. The van der Waals surface area contributed by atoms with Gasteiger partial charge in [0.25, 0.3) is 0 Å². The maximum absolute atomic E-state index is 11.6. The number of piperidine rings is 1. The predicted octanol–water partition coefficient (Wildman–Crippen LogP) is 2.77. The van der Waals surface area contributed by atoms with Crippen LogP contribution in [0.15, 0.2) is 29.2 Å². The van der Waals surface area contributed by atoms with Crippen LogP contribution in [0.25, 0.3) is 0 Å². The Morgan fingerprint density at radius 2 is 1.92 bits per heavy atom. The zero-order valence-electron chi connectivity index (χ0n) is 14.5. The summed E-state index contributed by atoms with van der Waals surface area (Å²) in [6, 6.07) is 7.53. The Morgan fingerprint density at radius 3 is 2.54 bits per heavy atom. The molecule has 3 unspecified atom stereocenters. The average molecular weight is 353 g/mol. The number of likely N-dealkylation sites (tertiary alicyclic amines) is 1. The van der Waals surface area contributed by atoms with E-state index in [1.165, 1.54) is 6.26 Å². The molecule has 6 heteroatoms. The normalized spacial score (nSPS) is 29.0. The summed E-state index contributed by atoms with van der Waals surface area (Å²) in [5, 5.41) is 0. The molecule has 0 aliphatic carbocycles. The molecule has 3 rings (SSSR count). The van der Waals surface area contributed by atoms with Crippen molar-refractivity contribution in [2.75, 3.05) is 26.5 Å². The first kappa shape index (κ1) is 17.9. The summed E-state index contributed by atoms with van der Waals surface area (Å²) in [7, 11) is -1.05. The second kappa shape index (κ2) is 7.52. The SMILES string of the molecule is CN1C(OCC2CCCO2)CCCC1c1ccc(S(C)(=O)=O)cc1. The van der Waals surface area contributed by atoms with Crippen LogP contribution in [0.1, 0.15) is 43.7 Å². The highest BCUT2D eigenvalue weighted by Crippen LogP contribution is 2.34. The van der Waals surface area contributed by atoms with Gasteiger partial charge >= 0.3 is 0 Å². The van der Waals surface area contributed by atoms with E-state index < -0.39 is 9.84 Å². The molecule has 24 heavy (non-hydrogen) atoms. The maximum atomic E-state index is 11.6. The maximum Gasteiger partial charge on any atom is 0.175 e. The van der Waals surface area contributed by atoms with Gasteiger partial charge in [-0.05, 0) is 56.8 Å². The number of sulfone groups is 1. The van der Waals surface area contributed by atoms with E-state index in [1.54, 1.807) is 12.1 Å². The van der Waals surface area contributed by atoms with Gasteiger partial charge in [0.2, 0.25) is 0 Å². The lowest BCUT2D eigenvalue weighted by Gasteiger charge is -2.40. The first-order valence-corrected chi connectivity index (χ1v) is 10.6. The largest absolute Gasteiger partial charge is 0.376 e. The van der Waals surface area contributed by atoms with Crippen molar-refractivity contribution in [3.8, 4) is 0 Å². The Labute approximate surface area is 144 Å². The van der Waals surface area contributed by atoms with Gasteiger partial charge in [0.1, 0.15) is 6.23 Å². The summed E-state index contributed by atoms with van der Waals surface area (Å²) in [5.74, 6) is 0. The molecule has 5 nitrogen and oxygen atoms in total. The van der Waals surface area contributed by atoms with Crippen LogP contribution in [0, 0.1) is 0 Å². The van der Waals surface area contributed by atoms with Crippen LogP contribution in [0.4, 0.5) is 0 Å². The minimum atomic E-state index is -3.14. The van der Waals surface area contributed by atoms with Crippen LogP contribution >= 0.6 is 0 Å². The third kappa shape index (κ3) is 4.17. The van der Waals surface area contributed by atoms with Crippen LogP contribution in [0.5, 0.6) is 0 Å². The minimum Gasteiger partial charge on any atom is -0.376 e. The highest BCUT2D eigenvalue weighted by molar-refractivity contribution is 7.90. The molecular formula is C18H27NO4S. The van der Waals surface area contributed by atoms with Gasteiger partial charge in [-0.25, -0.2) is 8.42 Å². The highest BCUT2D eigenvalue weighted by Gasteiger charge is 2.30. The highest BCUT2D eigenvalue weighted by atomic mass is 32.2. The van der Waals surface area contributed by atoms with E-state index in [4.69, 9.17) is 9.47 Å². The number of ether oxygens (including phenoxy) is 2. The van der Waals surface area contributed by atoms with E-state index in [1.807, 2.05) is 12.1 Å². The summed E-state index contributed by atoms with van der Waals surface area (Å²) in [4.78, 5) is 2.64. The monoisotopic (exact) mass is 353 g/mol. The van der Waals surface area contributed by atoms with Crippen molar-refractivity contribution in [3.05, 3.63) is 29.8 Å². The molecule has 0 amide bonds. The second-order valence-corrected chi connectivity index (χ2v) is 8.89.